The second-order valence-electron chi connectivity index (χ2n) is 10.3. The molecule has 4 aromatic rings. The maximum Gasteiger partial charge on any atom is 0.240 e. The minimum Gasteiger partial charge on any atom is -0.497 e. The molecule has 218 valence electrons. The number of benzene rings is 3. The van der Waals surface area contributed by atoms with Gasteiger partial charge in [-0.05, 0) is 36.2 Å². The Morgan fingerprint density at radius 2 is 1.81 bits per heavy atom. The Bertz CT molecular complexity index is 1590. The number of ether oxygens (including phenoxy) is 2. The van der Waals surface area contributed by atoms with E-state index in [4.69, 9.17) is 26.2 Å². The van der Waals surface area contributed by atoms with Gasteiger partial charge in [-0.3, -0.25) is 14.5 Å². The van der Waals surface area contributed by atoms with Gasteiger partial charge in [0.1, 0.15) is 23.9 Å². The molecule has 2 amide bonds. The summed E-state index contributed by atoms with van der Waals surface area (Å²) in [5.74, 6) is 1.74. The second kappa shape index (κ2) is 12.9. The van der Waals surface area contributed by atoms with Crippen molar-refractivity contribution in [3.05, 3.63) is 88.9 Å². The summed E-state index contributed by atoms with van der Waals surface area (Å²) in [6, 6.07) is 22.8. The van der Waals surface area contributed by atoms with Gasteiger partial charge in [0.05, 0.1) is 41.6 Å². The first-order valence-corrected chi connectivity index (χ1v) is 15.1. The van der Waals surface area contributed by atoms with Crippen LogP contribution < -0.4 is 19.7 Å². The van der Waals surface area contributed by atoms with E-state index in [1.165, 1.54) is 16.7 Å². The SMILES string of the molecule is COc1ccc(OC)c([C@H]2SCC(=O)N(CC(=O)NCC(C)C)c3c2c(-c2ccccc2)nn3-c2ccccc2Cl)c1. The highest BCUT2D eigenvalue weighted by atomic mass is 35.5. The van der Waals surface area contributed by atoms with Crippen LogP contribution in [0.15, 0.2) is 72.8 Å². The molecule has 0 spiro atoms. The summed E-state index contributed by atoms with van der Waals surface area (Å²) in [7, 11) is 3.23. The molecule has 0 unspecified atom stereocenters. The molecule has 1 atom stereocenters. The van der Waals surface area contributed by atoms with Gasteiger partial charge in [0.2, 0.25) is 11.8 Å². The number of nitrogens with zero attached hydrogens (tertiary/aromatic N) is 3. The number of thioether (sulfide) groups is 1. The van der Waals surface area contributed by atoms with Gasteiger partial charge >= 0.3 is 0 Å². The summed E-state index contributed by atoms with van der Waals surface area (Å²) < 4.78 is 13.1. The lowest BCUT2D eigenvalue weighted by molar-refractivity contribution is -0.123. The molecule has 42 heavy (non-hydrogen) atoms. The molecule has 5 rings (SSSR count). The van der Waals surface area contributed by atoms with Gasteiger partial charge < -0.3 is 14.8 Å². The van der Waals surface area contributed by atoms with E-state index in [0.29, 0.717) is 40.3 Å². The number of nitrogens with one attached hydrogen (secondary N) is 1. The van der Waals surface area contributed by atoms with Crippen LogP contribution in [0, 0.1) is 5.92 Å². The highest BCUT2D eigenvalue weighted by molar-refractivity contribution is 8.00. The number of amides is 2. The molecule has 2 heterocycles. The number of aromatic nitrogens is 2. The molecule has 8 nitrogen and oxygen atoms in total. The van der Waals surface area contributed by atoms with Crippen molar-refractivity contribution in [2.24, 2.45) is 5.92 Å². The van der Waals surface area contributed by atoms with Crippen molar-refractivity contribution in [3.63, 3.8) is 0 Å². The lowest BCUT2D eigenvalue weighted by Gasteiger charge is -2.24. The van der Waals surface area contributed by atoms with Crippen LogP contribution in [0.4, 0.5) is 5.82 Å². The van der Waals surface area contributed by atoms with E-state index < -0.39 is 0 Å². The predicted molar refractivity (Wildman–Crippen MR) is 168 cm³/mol. The van der Waals surface area contributed by atoms with Crippen LogP contribution in [0.1, 0.15) is 30.2 Å². The van der Waals surface area contributed by atoms with Crippen LogP contribution in [-0.4, -0.2) is 54.7 Å². The van der Waals surface area contributed by atoms with Crippen LogP contribution in [-0.2, 0) is 9.59 Å². The molecule has 1 N–H and O–H groups in total. The molecule has 0 aliphatic carbocycles. The fourth-order valence-corrected chi connectivity index (χ4v) is 6.36. The number of rotatable bonds is 9. The summed E-state index contributed by atoms with van der Waals surface area (Å²) >= 11 is 8.19. The largest absolute Gasteiger partial charge is 0.497 e. The summed E-state index contributed by atoms with van der Waals surface area (Å²) in [5, 5.41) is 8.13. The monoisotopic (exact) mass is 604 g/mol. The standard InChI is InChI=1S/C32H33ClN4O4S/c1-20(2)17-34-27(38)18-36-28(39)19-42-31(23-16-22(40-3)14-15-26(23)41-4)29-30(21-10-6-5-7-11-21)35-37(32(29)36)25-13-9-8-12-24(25)33/h5-16,20,31H,17-19H2,1-4H3,(H,34,38)/t31-/m1/s1. The lowest BCUT2D eigenvalue weighted by atomic mass is 9.98. The average molecular weight is 605 g/mol. The Hall–Kier alpha value is -3.95. The third-order valence-corrected chi connectivity index (χ3v) is 8.50. The second-order valence-corrected chi connectivity index (χ2v) is 11.8. The van der Waals surface area contributed by atoms with Crippen LogP contribution in [0.2, 0.25) is 5.02 Å². The van der Waals surface area contributed by atoms with E-state index in [1.54, 1.807) is 25.0 Å². The van der Waals surface area contributed by atoms with Crippen LogP contribution >= 0.6 is 23.4 Å². The molecule has 0 radical (unpaired) electrons. The van der Waals surface area contributed by atoms with Crippen molar-refractivity contribution >= 4 is 41.0 Å². The van der Waals surface area contributed by atoms with Crippen molar-refractivity contribution in [1.29, 1.82) is 0 Å². The van der Waals surface area contributed by atoms with Gasteiger partial charge in [-0.25, -0.2) is 4.68 Å². The first kappa shape index (κ1) is 29.5. The third-order valence-electron chi connectivity index (χ3n) is 6.95. The number of halogens is 1. The minimum atomic E-state index is -0.385. The summed E-state index contributed by atoms with van der Waals surface area (Å²) in [5.41, 5.74) is 3.75. The zero-order chi connectivity index (χ0) is 29.8. The van der Waals surface area contributed by atoms with Gasteiger partial charge in [0.25, 0.3) is 0 Å². The first-order chi connectivity index (χ1) is 20.3. The highest BCUT2D eigenvalue weighted by Gasteiger charge is 2.39. The lowest BCUT2D eigenvalue weighted by Crippen LogP contribution is -2.43. The van der Waals surface area contributed by atoms with Crippen LogP contribution in [0.5, 0.6) is 11.5 Å². The quantitative estimate of drug-likeness (QED) is 0.247. The summed E-state index contributed by atoms with van der Waals surface area (Å²) in [6.45, 7) is 4.39. The maximum atomic E-state index is 13.9. The third kappa shape index (κ3) is 5.98. The first-order valence-electron chi connectivity index (χ1n) is 13.7. The van der Waals surface area contributed by atoms with Gasteiger partial charge in [-0.1, -0.05) is 67.9 Å². The number of carbonyl (C=O) groups is 2. The average Bonchev–Trinajstić information content (AvgIpc) is 3.32. The predicted octanol–water partition coefficient (Wildman–Crippen LogP) is 6.15. The summed E-state index contributed by atoms with van der Waals surface area (Å²) in [4.78, 5) is 28.7. The van der Waals surface area contributed by atoms with Crippen LogP contribution in [0.25, 0.3) is 16.9 Å². The maximum absolute atomic E-state index is 13.9. The van der Waals surface area contributed by atoms with E-state index in [9.17, 15) is 9.59 Å². The molecule has 10 heteroatoms. The minimum absolute atomic E-state index is 0.133. The molecular formula is C32H33ClN4O4S. The van der Waals surface area contributed by atoms with E-state index in [-0.39, 0.29) is 35.3 Å². The number of fused-ring (bicyclic) bond motifs is 1. The van der Waals surface area contributed by atoms with Crippen LogP contribution in [0.3, 0.4) is 0 Å². The molecule has 0 fully saturated rings. The number of anilines is 1. The molecule has 0 saturated heterocycles. The van der Waals surface area contributed by atoms with Gasteiger partial charge in [-0.2, -0.15) is 5.10 Å². The molecule has 3 aromatic carbocycles. The van der Waals surface area contributed by atoms with Gasteiger partial charge in [-0.15, -0.1) is 11.8 Å². The smallest absolute Gasteiger partial charge is 0.240 e. The number of para-hydroxylation sites is 1. The Balaban J connectivity index is 1.81. The Morgan fingerprint density at radius 3 is 2.50 bits per heavy atom. The van der Waals surface area contributed by atoms with Crippen molar-refractivity contribution in [2.45, 2.75) is 19.1 Å². The zero-order valence-corrected chi connectivity index (χ0v) is 25.5. The van der Waals surface area contributed by atoms with Crippen molar-refractivity contribution in [1.82, 2.24) is 15.1 Å². The normalized spacial score (nSPS) is 14.9. The number of carbonyl (C=O) groups excluding carboxylic acids is 2. The van der Waals surface area contributed by atoms with Gasteiger partial charge in [0, 0.05) is 23.2 Å². The molecular weight excluding hydrogens is 572 g/mol. The van der Waals surface area contributed by atoms with E-state index in [1.807, 2.05) is 80.6 Å². The van der Waals surface area contributed by atoms with Crippen molar-refractivity contribution < 1.29 is 19.1 Å². The van der Waals surface area contributed by atoms with E-state index >= 15 is 0 Å². The topological polar surface area (TPSA) is 85.7 Å². The van der Waals surface area contributed by atoms with E-state index in [0.717, 1.165) is 16.7 Å². The zero-order valence-electron chi connectivity index (χ0n) is 24.0. The molecule has 0 bridgehead atoms. The van der Waals surface area contributed by atoms with E-state index in [2.05, 4.69) is 5.32 Å². The Kier molecular flexibility index (Phi) is 9.09. The fourth-order valence-electron chi connectivity index (χ4n) is 4.93. The van der Waals surface area contributed by atoms with Crippen molar-refractivity contribution in [2.75, 3.05) is 38.0 Å². The van der Waals surface area contributed by atoms with Gasteiger partial charge in [0.15, 0.2) is 0 Å². The molecule has 1 aromatic heterocycles. The highest BCUT2D eigenvalue weighted by Crippen LogP contribution is 2.51. The number of hydrogen-bond acceptors (Lipinski definition) is 6. The van der Waals surface area contributed by atoms with Crippen molar-refractivity contribution in [3.8, 4) is 28.4 Å². The molecule has 1 aliphatic heterocycles. The molecule has 1 aliphatic rings. The Morgan fingerprint density at radius 1 is 1.07 bits per heavy atom. The molecule has 0 saturated carbocycles. The summed E-state index contributed by atoms with van der Waals surface area (Å²) in [6.07, 6.45) is 0. The fraction of sp³-hybridized carbons (Fsp3) is 0.281. The number of hydrogen-bond donors (Lipinski definition) is 1. The Labute approximate surface area is 255 Å². The number of methoxy groups -OCH3 is 2.